The molecule has 0 aliphatic heterocycles. The van der Waals surface area contributed by atoms with Gasteiger partial charge in [-0.15, -0.1) is 0 Å². The van der Waals surface area contributed by atoms with Crippen molar-refractivity contribution in [3.8, 4) is 0 Å². The number of aliphatic carboxylic acids is 1. The summed E-state index contributed by atoms with van der Waals surface area (Å²) in [5.41, 5.74) is -0.499. The van der Waals surface area contributed by atoms with Crippen LogP contribution in [0.2, 0.25) is 19.6 Å². The van der Waals surface area contributed by atoms with E-state index in [0.717, 1.165) is 0 Å². The molecule has 7 heteroatoms. The largest absolute Gasteiger partial charge is 0.501 e. The quantitative estimate of drug-likeness (QED) is 0.240. The summed E-state index contributed by atoms with van der Waals surface area (Å²) in [5, 5.41) is 9.56. The van der Waals surface area contributed by atoms with Crippen molar-refractivity contribution in [2.24, 2.45) is 17.3 Å². The Hall–Kier alpha value is -1.34. The lowest BCUT2D eigenvalue weighted by Crippen LogP contribution is -2.31. The molecule has 0 radical (unpaired) electrons. The number of methoxy groups -OCH3 is 1. The molecule has 6 nitrogen and oxygen atoms in total. The van der Waals surface area contributed by atoms with E-state index in [-0.39, 0.29) is 13.2 Å². The Morgan fingerprint density at radius 3 is 2.16 bits per heavy atom. The van der Waals surface area contributed by atoms with E-state index in [0.29, 0.717) is 18.6 Å². The Labute approximate surface area is 152 Å². The van der Waals surface area contributed by atoms with Crippen molar-refractivity contribution in [1.82, 2.24) is 0 Å². The van der Waals surface area contributed by atoms with Crippen LogP contribution in [0.15, 0.2) is 12.3 Å². The zero-order valence-electron chi connectivity index (χ0n) is 16.7. The van der Waals surface area contributed by atoms with Crippen molar-refractivity contribution in [2.45, 2.75) is 59.7 Å². The molecule has 0 amide bonds. The van der Waals surface area contributed by atoms with Gasteiger partial charge in [-0.25, -0.2) is 0 Å². The van der Waals surface area contributed by atoms with E-state index in [1.165, 1.54) is 7.11 Å². The zero-order valence-corrected chi connectivity index (χ0v) is 17.7. The van der Waals surface area contributed by atoms with Crippen LogP contribution in [0.5, 0.6) is 0 Å². The van der Waals surface area contributed by atoms with Crippen LogP contribution in [0.4, 0.5) is 0 Å². The first-order valence-corrected chi connectivity index (χ1v) is 12.0. The number of carboxylic acid groups (broad SMARTS) is 1. The van der Waals surface area contributed by atoms with Gasteiger partial charge < -0.3 is 19.0 Å². The number of hydrogen-bond acceptors (Lipinski definition) is 5. The molecule has 2 atom stereocenters. The van der Waals surface area contributed by atoms with Crippen LogP contribution in [-0.4, -0.2) is 39.3 Å². The van der Waals surface area contributed by atoms with Gasteiger partial charge in [0.1, 0.15) is 0 Å². The van der Waals surface area contributed by atoms with Crippen molar-refractivity contribution in [2.75, 3.05) is 13.9 Å². The van der Waals surface area contributed by atoms with Gasteiger partial charge in [0.15, 0.2) is 15.1 Å². The lowest BCUT2D eigenvalue weighted by Gasteiger charge is -2.30. The fraction of sp³-hybridized carbons (Fsp3) is 0.778. The summed E-state index contributed by atoms with van der Waals surface area (Å²) in [5.74, 6) is -1.97. The molecule has 0 spiro atoms. The van der Waals surface area contributed by atoms with Crippen molar-refractivity contribution >= 4 is 20.3 Å². The smallest absolute Gasteiger partial charge is 0.311 e. The molecule has 0 saturated carbocycles. The summed E-state index contributed by atoms with van der Waals surface area (Å²) in [6.07, 6.45) is 1.07. The van der Waals surface area contributed by atoms with Gasteiger partial charge in [-0.1, -0.05) is 27.4 Å². The molecule has 1 N–H and O–H groups in total. The number of carbonyl (C=O) groups is 2. The number of esters is 1. The highest BCUT2D eigenvalue weighted by molar-refractivity contribution is 6.69. The molecule has 0 heterocycles. The number of ether oxygens (including phenoxy) is 2. The topological polar surface area (TPSA) is 82.1 Å². The van der Waals surface area contributed by atoms with E-state index in [9.17, 15) is 14.7 Å². The van der Waals surface area contributed by atoms with E-state index in [4.69, 9.17) is 13.9 Å². The average molecular weight is 375 g/mol. The molecule has 0 fully saturated rings. The van der Waals surface area contributed by atoms with Crippen LogP contribution in [-0.2, 0) is 23.5 Å². The van der Waals surface area contributed by atoms with Gasteiger partial charge in [-0.3, -0.25) is 9.59 Å². The molecule has 0 aromatic heterocycles. The first kappa shape index (κ1) is 23.7. The van der Waals surface area contributed by atoms with Crippen molar-refractivity contribution in [3.05, 3.63) is 12.3 Å². The molecule has 0 aromatic carbocycles. The minimum atomic E-state index is -1.76. The van der Waals surface area contributed by atoms with Crippen molar-refractivity contribution in [3.63, 3.8) is 0 Å². The third-order valence-electron chi connectivity index (χ3n) is 4.20. The summed E-state index contributed by atoms with van der Waals surface area (Å²) < 4.78 is 15.9. The van der Waals surface area contributed by atoms with Crippen LogP contribution in [0.1, 0.15) is 40.0 Å². The highest BCUT2D eigenvalue weighted by Crippen LogP contribution is 2.36. The highest BCUT2D eigenvalue weighted by Gasteiger charge is 2.34. The second kappa shape index (κ2) is 9.96. The van der Waals surface area contributed by atoms with Gasteiger partial charge in [0.25, 0.3) is 0 Å². The van der Waals surface area contributed by atoms with Crippen LogP contribution < -0.4 is 0 Å². The maximum absolute atomic E-state index is 12.3. The summed E-state index contributed by atoms with van der Waals surface area (Å²) in [6, 6.07) is 0. The Kier molecular flexibility index (Phi) is 9.43. The van der Waals surface area contributed by atoms with E-state index in [1.807, 2.05) is 40.4 Å². The molecule has 0 rings (SSSR count). The predicted molar refractivity (Wildman–Crippen MR) is 99.5 cm³/mol. The second-order valence-electron chi connectivity index (χ2n) is 7.93. The molecule has 0 saturated heterocycles. The number of carbonyl (C=O) groups excluding carboxylic acids is 1. The number of rotatable bonds is 12. The summed E-state index contributed by atoms with van der Waals surface area (Å²) in [7, 11) is -0.244. The van der Waals surface area contributed by atoms with Gasteiger partial charge in [-0.05, 0) is 38.9 Å². The lowest BCUT2D eigenvalue weighted by atomic mass is 9.78. The Morgan fingerprint density at radius 2 is 1.76 bits per heavy atom. The SMILES string of the molecule is C=C(OC)C(C)(C)CC(CC(CC)C(=O)OCO[Si](C)(C)C)C(=O)O. The summed E-state index contributed by atoms with van der Waals surface area (Å²) in [6.45, 7) is 15.4. The summed E-state index contributed by atoms with van der Waals surface area (Å²) >= 11 is 0. The van der Waals surface area contributed by atoms with E-state index >= 15 is 0 Å². The van der Waals surface area contributed by atoms with E-state index in [2.05, 4.69) is 6.58 Å². The van der Waals surface area contributed by atoms with Crippen LogP contribution in [0, 0.1) is 17.3 Å². The van der Waals surface area contributed by atoms with Crippen LogP contribution in [0.25, 0.3) is 0 Å². The molecule has 0 aromatic rings. The molecule has 2 unspecified atom stereocenters. The van der Waals surface area contributed by atoms with E-state index in [1.54, 1.807) is 0 Å². The number of allylic oxidation sites excluding steroid dienone is 1. The zero-order chi connectivity index (χ0) is 19.8. The number of carboxylic acids is 1. The molecule has 0 aliphatic rings. The first-order valence-electron chi connectivity index (χ1n) is 8.60. The molecule has 146 valence electrons. The van der Waals surface area contributed by atoms with Gasteiger partial charge >= 0.3 is 11.9 Å². The average Bonchev–Trinajstić information content (AvgIpc) is 2.48. The minimum Gasteiger partial charge on any atom is -0.501 e. The van der Waals surface area contributed by atoms with Crippen LogP contribution in [0.3, 0.4) is 0 Å². The van der Waals surface area contributed by atoms with Crippen molar-refractivity contribution in [1.29, 1.82) is 0 Å². The standard InChI is InChI=1S/C18H34O6Si/c1-9-14(17(21)23-12-24-25(6,7)8)10-15(16(19)20)11-18(3,4)13(2)22-5/h14-15H,2,9-12H2,1,3-8H3,(H,19,20). The van der Waals surface area contributed by atoms with Gasteiger partial charge in [-0.2, -0.15) is 0 Å². The Balaban J connectivity index is 4.88. The molecule has 0 aliphatic carbocycles. The first-order chi connectivity index (χ1) is 11.3. The minimum absolute atomic E-state index is 0.0746. The lowest BCUT2D eigenvalue weighted by molar-refractivity contribution is -0.157. The fourth-order valence-corrected chi connectivity index (χ4v) is 2.85. The normalized spacial score (nSPS) is 14.5. The Morgan fingerprint density at radius 1 is 1.20 bits per heavy atom. The second-order valence-corrected chi connectivity index (χ2v) is 12.4. The fourth-order valence-electron chi connectivity index (χ4n) is 2.43. The monoisotopic (exact) mass is 374 g/mol. The van der Waals surface area contributed by atoms with Gasteiger partial charge in [0.05, 0.1) is 24.7 Å². The van der Waals surface area contributed by atoms with Gasteiger partial charge in [0.2, 0.25) is 0 Å². The van der Waals surface area contributed by atoms with E-state index < -0.39 is 37.5 Å². The molecule has 25 heavy (non-hydrogen) atoms. The van der Waals surface area contributed by atoms with Crippen LogP contribution >= 0.6 is 0 Å². The molecular weight excluding hydrogens is 340 g/mol. The van der Waals surface area contributed by atoms with Gasteiger partial charge in [0, 0.05) is 5.41 Å². The maximum Gasteiger partial charge on any atom is 0.311 e. The third kappa shape index (κ3) is 9.07. The highest BCUT2D eigenvalue weighted by atomic mass is 28.4. The summed E-state index contributed by atoms with van der Waals surface area (Å²) in [4.78, 5) is 23.9. The Bertz CT molecular complexity index is 467. The maximum atomic E-state index is 12.3. The van der Waals surface area contributed by atoms with Crippen molar-refractivity contribution < 1.29 is 28.6 Å². The molecule has 0 bridgehead atoms. The predicted octanol–water partition coefficient (Wildman–Crippen LogP) is 4.03. The third-order valence-corrected chi connectivity index (χ3v) is 5.18. The molecular formula is C18H34O6Si. The number of hydrogen-bond donors (Lipinski definition) is 1.